The van der Waals surface area contributed by atoms with E-state index in [-0.39, 0.29) is 11.2 Å². The number of unbranched alkanes of at least 4 members (excludes halogenated alkanes) is 1. The Morgan fingerprint density at radius 2 is 1.86 bits per heavy atom. The summed E-state index contributed by atoms with van der Waals surface area (Å²) in [4.78, 5) is 36.7. The van der Waals surface area contributed by atoms with Crippen molar-refractivity contribution < 1.29 is 0 Å². The van der Waals surface area contributed by atoms with Gasteiger partial charge in [-0.1, -0.05) is 13.3 Å². The van der Waals surface area contributed by atoms with E-state index in [1.807, 2.05) is 11.6 Å². The van der Waals surface area contributed by atoms with Crippen molar-refractivity contribution in [3.63, 3.8) is 0 Å². The van der Waals surface area contributed by atoms with Gasteiger partial charge in [0.05, 0.1) is 6.54 Å². The van der Waals surface area contributed by atoms with E-state index in [9.17, 15) is 9.59 Å². The Hall–Kier alpha value is -2.23. The highest BCUT2D eigenvalue weighted by Gasteiger charge is 2.21. The first-order valence-corrected chi connectivity index (χ1v) is 11.1. The van der Waals surface area contributed by atoms with Crippen LogP contribution in [0.4, 0.5) is 0 Å². The average Bonchev–Trinajstić information content (AvgIpc) is 3.32. The normalized spacial score (nSPS) is 16.1. The first-order valence-electron chi connectivity index (χ1n) is 10.2. The number of rotatable bonds is 7. The predicted molar refractivity (Wildman–Crippen MR) is 115 cm³/mol. The third-order valence-electron chi connectivity index (χ3n) is 5.66. The first-order chi connectivity index (χ1) is 14.1. The largest absolute Gasteiger partial charge is 0.330 e. The maximum absolute atomic E-state index is 12.4. The van der Waals surface area contributed by atoms with Gasteiger partial charge >= 0.3 is 5.69 Å². The summed E-state index contributed by atoms with van der Waals surface area (Å²) in [5, 5.41) is 4.33. The van der Waals surface area contributed by atoms with Crippen molar-refractivity contribution in [1.29, 1.82) is 0 Å². The highest BCUT2D eigenvalue weighted by Crippen LogP contribution is 2.15. The van der Waals surface area contributed by atoms with E-state index >= 15 is 0 Å². The maximum atomic E-state index is 12.4. The van der Waals surface area contributed by atoms with Gasteiger partial charge in [0.15, 0.2) is 11.2 Å². The van der Waals surface area contributed by atoms with Gasteiger partial charge < -0.3 is 4.57 Å². The van der Waals surface area contributed by atoms with Crippen LogP contribution in [0.25, 0.3) is 11.2 Å². The Morgan fingerprint density at radius 1 is 1.14 bits per heavy atom. The predicted octanol–water partition coefficient (Wildman–Crippen LogP) is 1.60. The Labute approximate surface area is 173 Å². The van der Waals surface area contributed by atoms with E-state index in [1.165, 1.54) is 5.56 Å². The molecule has 4 rings (SSSR count). The van der Waals surface area contributed by atoms with Crippen molar-refractivity contribution in [1.82, 2.24) is 28.9 Å². The Balaban J connectivity index is 1.50. The number of H-pyrrole nitrogens is 1. The summed E-state index contributed by atoms with van der Waals surface area (Å²) in [5.74, 6) is 0.827. The molecule has 1 N–H and O–H groups in total. The number of aryl methyl sites for hydroxylation is 2. The highest BCUT2D eigenvalue weighted by molar-refractivity contribution is 7.07. The van der Waals surface area contributed by atoms with E-state index in [0.29, 0.717) is 24.3 Å². The highest BCUT2D eigenvalue weighted by atomic mass is 32.1. The van der Waals surface area contributed by atoms with Gasteiger partial charge in [-0.15, -0.1) is 0 Å². The van der Waals surface area contributed by atoms with Crippen LogP contribution in [0.5, 0.6) is 0 Å². The Morgan fingerprint density at radius 3 is 2.52 bits per heavy atom. The molecular formula is C20H28N6O2S. The molecule has 0 aliphatic carbocycles. The fourth-order valence-corrected chi connectivity index (χ4v) is 4.56. The van der Waals surface area contributed by atoms with Crippen LogP contribution < -0.4 is 11.2 Å². The average molecular weight is 417 g/mol. The molecule has 0 unspecified atom stereocenters. The molecule has 0 amide bonds. The number of nitrogens with one attached hydrogen (secondary N) is 1. The van der Waals surface area contributed by atoms with Crippen molar-refractivity contribution in [3.05, 3.63) is 49.1 Å². The van der Waals surface area contributed by atoms with Crippen LogP contribution in [0.1, 0.15) is 31.2 Å². The van der Waals surface area contributed by atoms with Crippen molar-refractivity contribution in [3.8, 4) is 0 Å². The fraction of sp³-hybridized carbons (Fsp3) is 0.550. The van der Waals surface area contributed by atoms with Crippen molar-refractivity contribution >= 4 is 22.5 Å². The summed E-state index contributed by atoms with van der Waals surface area (Å²) in [7, 11) is 1.86. The SMILES string of the molecule is CCCCn1c(=O)[nH]c(=O)c2c1nc(CN1CCN(Cc3ccsc3)CC1)n2C. The molecule has 1 aliphatic heterocycles. The minimum absolute atomic E-state index is 0.361. The molecule has 156 valence electrons. The lowest BCUT2D eigenvalue weighted by atomic mass is 10.2. The number of nitrogens with zero attached hydrogens (tertiary/aromatic N) is 5. The summed E-state index contributed by atoms with van der Waals surface area (Å²) >= 11 is 1.74. The number of fused-ring (bicyclic) bond motifs is 1. The lowest BCUT2D eigenvalue weighted by Crippen LogP contribution is -2.45. The molecule has 1 fully saturated rings. The van der Waals surface area contributed by atoms with Crippen LogP contribution in [0.2, 0.25) is 0 Å². The van der Waals surface area contributed by atoms with Crippen LogP contribution in [0.15, 0.2) is 26.4 Å². The molecule has 8 nitrogen and oxygen atoms in total. The zero-order chi connectivity index (χ0) is 20.4. The number of thiophene rings is 1. The molecule has 0 radical (unpaired) electrons. The second kappa shape index (κ2) is 8.64. The van der Waals surface area contributed by atoms with Crippen molar-refractivity contribution in [2.45, 2.75) is 39.4 Å². The third kappa shape index (κ3) is 4.22. The van der Waals surface area contributed by atoms with Gasteiger partial charge in [-0.05, 0) is 28.8 Å². The van der Waals surface area contributed by atoms with Crippen LogP contribution in [0.3, 0.4) is 0 Å². The molecule has 0 aromatic carbocycles. The standard InChI is InChI=1S/C20H28N6O2S/c1-3-4-6-26-18-17(19(27)22-20(26)28)23(2)16(21-18)13-25-9-7-24(8-10-25)12-15-5-11-29-14-15/h5,11,14H,3-4,6-10,12-13H2,1-2H3,(H,22,27,28). The summed E-state index contributed by atoms with van der Waals surface area (Å²) in [6.07, 6.45) is 1.85. The quantitative estimate of drug-likeness (QED) is 0.633. The number of imidazole rings is 1. The summed E-state index contributed by atoms with van der Waals surface area (Å²) in [6.45, 7) is 8.29. The molecule has 0 bridgehead atoms. The second-order valence-corrected chi connectivity index (χ2v) is 8.49. The van der Waals surface area contributed by atoms with Gasteiger partial charge in [0.1, 0.15) is 5.82 Å². The number of aromatic nitrogens is 4. The molecule has 9 heteroatoms. The Bertz CT molecular complexity index is 1070. The molecule has 1 saturated heterocycles. The first kappa shape index (κ1) is 20.1. The van der Waals surface area contributed by atoms with Gasteiger partial charge in [-0.25, -0.2) is 9.78 Å². The molecule has 29 heavy (non-hydrogen) atoms. The number of hydrogen-bond acceptors (Lipinski definition) is 6. The van der Waals surface area contributed by atoms with E-state index in [1.54, 1.807) is 15.9 Å². The van der Waals surface area contributed by atoms with E-state index in [0.717, 1.165) is 51.4 Å². The number of aromatic amines is 1. The van der Waals surface area contributed by atoms with Gasteiger partial charge in [-0.3, -0.25) is 24.1 Å². The molecular weight excluding hydrogens is 388 g/mol. The van der Waals surface area contributed by atoms with Crippen LogP contribution in [0, 0.1) is 0 Å². The Kier molecular flexibility index (Phi) is 5.98. The number of piperazine rings is 1. The van der Waals surface area contributed by atoms with Gasteiger partial charge in [0, 0.05) is 46.3 Å². The molecule has 1 aliphatic rings. The van der Waals surface area contributed by atoms with Crippen molar-refractivity contribution in [2.75, 3.05) is 26.2 Å². The molecule has 3 aromatic heterocycles. The van der Waals surface area contributed by atoms with Gasteiger partial charge in [-0.2, -0.15) is 11.3 Å². The lowest BCUT2D eigenvalue weighted by Gasteiger charge is -2.34. The van der Waals surface area contributed by atoms with E-state index < -0.39 is 0 Å². The zero-order valence-electron chi connectivity index (χ0n) is 17.1. The minimum Gasteiger partial charge on any atom is -0.324 e. The van der Waals surface area contributed by atoms with E-state index in [4.69, 9.17) is 4.98 Å². The smallest absolute Gasteiger partial charge is 0.324 e. The van der Waals surface area contributed by atoms with E-state index in [2.05, 4.69) is 38.5 Å². The zero-order valence-corrected chi connectivity index (χ0v) is 17.9. The topological polar surface area (TPSA) is 79.2 Å². The second-order valence-electron chi connectivity index (χ2n) is 7.71. The summed E-state index contributed by atoms with van der Waals surface area (Å²) < 4.78 is 3.44. The summed E-state index contributed by atoms with van der Waals surface area (Å²) in [5.41, 5.74) is 1.62. The van der Waals surface area contributed by atoms with Gasteiger partial charge in [0.2, 0.25) is 0 Å². The van der Waals surface area contributed by atoms with Crippen LogP contribution in [-0.4, -0.2) is 55.1 Å². The molecule has 0 saturated carbocycles. The third-order valence-corrected chi connectivity index (χ3v) is 6.39. The molecule has 3 aromatic rings. The fourth-order valence-electron chi connectivity index (χ4n) is 3.90. The monoisotopic (exact) mass is 416 g/mol. The lowest BCUT2D eigenvalue weighted by molar-refractivity contribution is 0.119. The molecule has 0 atom stereocenters. The van der Waals surface area contributed by atoms with Crippen LogP contribution in [-0.2, 0) is 26.7 Å². The maximum Gasteiger partial charge on any atom is 0.330 e. The minimum atomic E-state index is -0.373. The van der Waals surface area contributed by atoms with Gasteiger partial charge in [0.25, 0.3) is 5.56 Å². The summed E-state index contributed by atoms with van der Waals surface area (Å²) in [6, 6.07) is 2.19. The molecule has 0 spiro atoms. The van der Waals surface area contributed by atoms with Crippen LogP contribution >= 0.6 is 11.3 Å². The number of hydrogen-bond donors (Lipinski definition) is 1. The molecule has 4 heterocycles. The van der Waals surface area contributed by atoms with Crippen molar-refractivity contribution in [2.24, 2.45) is 7.05 Å².